The molecule has 0 saturated carbocycles. The van der Waals surface area contributed by atoms with E-state index in [-0.39, 0.29) is 24.7 Å². The van der Waals surface area contributed by atoms with E-state index in [4.69, 9.17) is 36.1 Å². The molecule has 0 radical (unpaired) electrons. The number of hydrogen-bond donors (Lipinski definition) is 0. The predicted octanol–water partition coefficient (Wildman–Crippen LogP) is 4.75. The molecule has 0 bridgehead atoms. The second-order valence-corrected chi connectivity index (χ2v) is 10.9. The van der Waals surface area contributed by atoms with Gasteiger partial charge in [-0.05, 0) is 49.6 Å². The number of piperidine rings is 1. The zero-order valence-electron chi connectivity index (χ0n) is 22.8. The van der Waals surface area contributed by atoms with Crippen LogP contribution in [-0.4, -0.2) is 63.1 Å². The van der Waals surface area contributed by atoms with E-state index >= 15 is 0 Å². The fourth-order valence-electron chi connectivity index (χ4n) is 5.40. The lowest BCUT2D eigenvalue weighted by Crippen LogP contribution is -2.36. The Labute approximate surface area is 243 Å². The number of halogens is 1. The predicted molar refractivity (Wildman–Crippen MR) is 152 cm³/mol. The number of carbonyl (C=O) groups is 1. The van der Waals surface area contributed by atoms with Gasteiger partial charge in [-0.25, -0.2) is 9.78 Å². The van der Waals surface area contributed by atoms with Gasteiger partial charge in [0.25, 0.3) is 0 Å². The highest BCUT2D eigenvalue weighted by molar-refractivity contribution is 6.31. The van der Waals surface area contributed by atoms with Crippen molar-refractivity contribution in [2.75, 3.05) is 26.8 Å². The summed E-state index contributed by atoms with van der Waals surface area (Å²) < 4.78 is 20.7. The van der Waals surface area contributed by atoms with Crippen molar-refractivity contribution in [3.63, 3.8) is 0 Å². The lowest BCUT2D eigenvalue weighted by molar-refractivity contribution is -0.0592. The normalized spacial score (nSPS) is 17.7. The molecule has 1 atom stereocenters. The van der Waals surface area contributed by atoms with Crippen LogP contribution in [0.25, 0.3) is 11.0 Å². The van der Waals surface area contributed by atoms with Crippen molar-refractivity contribution in [2.45, 2.75) is 51.1 Å². The third kappa shape index (κ3) is 5.93. The van der Waals surface area contributed by atoms with Gasteiger partial charge < -0.3 is 18.8 Å². The van der Waals surface area contributed by atoms with E-state index in [2.05, 4.69) is 20.6 Å². The van der Waals surface area contributed by atoms with E-state index in [1.807, 2.05) is 29.1 Å². The molecule has 2 aromatic carbocycles. The van der Waals surface area contributed by atoms with Crippen LogP contribution in [0, 0.1) is 11.3 Å². The van der Waals surface area contributed by atoms with Crippen molar-refractivity contribution in [1.82, 2.24) is 24.2 Å². The molecule has 4 aromatic rings. The van der Waals surface area contributed by atoms with E-state index in [9.17, 15) is 4.79 Å². The Balaban J connectivity index is 1.09. The third-order valence-corrected chi connectivity index (χ3v) is 8.22. The van der Waals surface area contributed by atoms with Crippen molar-refractivity contribution in [3.05, 3.63) is 76.2 Å². The number of nitrogens with zero attached hydrogens (tertiary/aromatic N) is 6. The van der Waals surface area contributed by atoms with Crippen LogP contribution >= 0.6 is 11.6 Å². The number of ether oxygens (including phenoxy) is 3. The highest BCUT2D eigenvalue weighted by Gasteiger charge is 2.26. The Morgan fingerprint density at radius 2 is 2.00 bits per heavy atom. The van der Waals surface area contributed by atoms with Crippen LogP contribution < -0.4 is 4.74 Å². The highest BCUT2D eigenvalue weighted by Crippen LogP contribution is 2.27. The molecular weight excluding hydrogens is 544 g/mol. The summed E-state index contributed by atoms with van der Waals surface area (Å²) in [5.41, 5.74) is 3.65. The molecule has 41 heavy (non-hydrogen) atoms. The molecule has 0 amide bonds. The topological polar surface area (TPSA) is 107 Å². The van der Waals surface area contributed by atoms with E-state index in [1.165, 1.54) is 7.11 Å². The van der Waals surface area contributed by atoms with Crippen LogP contribution in [-0.2, 0) is 29.2 Å². The standard InChI is InChI=1S/C30H31ClN6O4/c1-39-30(38)21-4-5-26-27(15-21)36(17-24-9-13-40-24)28(33-26)18-35-10-6-23(7-11-35)37-12-8-29(34-37)41-19-22-3-2-20(16-32)14-25(22)31/h2-5,8,12,14-15,23-24H,6-7,9-11,13,17-19H2,1H3/t24-/m0/s1. The maximum Gasteiger partial charge on any atom is 0.337 e. The third-order valence-electron chi connectivity index (χ3n) is 7.87. The minimum atomic E-state index is -0.353. The van der Waals surface area contributed by atoms with Crippen molar-refractivity contribution < 1.29 is 19.0 Å². The Morgan fingerprint density at radius 1 is 1.17 bits per heavy atom. The summed E-state index contributed by atoms with van der Waals surface area (Å²) in [6, 6.07) is 14.9. The van der Waals surface area contributed by atoms with Crippen molar-refractivity contribution in [3.8, 4) is 11.9 Å². The fraction of sp³-hybridized carbons (Fsp3) is 0.400. The minimum Gasteiger partial charge on any atom is -0.472 e. The number of rotatable bonds is 9. The largest absolute Gasteiger partial charge is 0.472 e. The van der Waals surface area contributed by atoms with Crippen LogP contribution in [0.15, 0.2) is 48.7 Å². The quantitative estimate of drug-likeness (QED) is 0.264. The first-order chi connectivity index (χ1) is 20.0. The van der Waals surface area contributed by atoms with Crippen molar-refractivity contribution in [1.29, 1.82) is 5.26 Å². The van der Waals surface area contributed by atoms with Crippen LogP contribution in [0.4, 0.5) is 0 Å². The second kappa shape index (κ2) is 11.9. The molecule has 212 valence electrons. The molecule has 11 heteroatoms. The van der Waals surface area contributed by atoms with Gasteiger partial charge in [-0.3, -0.25) is 9.58 Å². The zero-order chi connectivity index (χ0) is 28.3. The molecule has 2 aromatic heterocycles. The molecule has 0 aliphatic carbocycles. The number of esters is 1. The molecule has 10 nitrogen and oxygen atoms in total. The summed E-state index contributed by atoms with van der Waals surface area (Å²) in [5.74, 6) is 1.17. The number of imidazole rings is 1. The molecule has 2 fully saturated rings. The monoisotopic (exact) mass is 574 g/mol. The van der Waals surface area contributed by atoms with Gasteiger partial charge in [0.05, 0.1) is 60.6 Å². The SMILES string of the molecule is COC(=O)c1ccc2nc(CN3CCC(n4ccc(OCc5ccc(C#N)cc5Cl)n4)CC3)n(C[C@@H]3CCO3)c2c1. The van der Waals surface area contributed by atoms with Crippen LogP contribution in [0.2, 0.25) is 5.02 Å². The summed E-state index contributed by atoms with van der Waals surface area (Å²) in [5, 5.41) is 14.2. The van der Waals surface area contributed by atoms with Gasteiger partial charge in [0, 0.05) is 42.5 Å². The van der Waals surface area contributed by atoms with Crippen LogP contribution in [0.5, 0.6) is 5.88 Å². The number of fused-ring (bicyclic) bond motifs is 1. The van der Waals surface area contributed by atoms with Crippen LogP contribution in [0.3, 0.4) is 0 Å². The number of carbonyl (C=O) groups excluding carboxylic acids is 1. The molecule has 4 heterocycles. The molecular formula is C30H31ClN6O4. The number of hydrogen-bond acceptors (Lipinski definition) is 8. The highest BCUT2D eigenvalue weighted by atomic mass is 35.5. The summed E-state index contributed by atoms with van der Waals surface area (Å²) >= 11 is 6.27. The van der Waals surface area contributed by atoms with Crippen LogP contribution in [0.1, 0.15) is 52.6 Å². The van der Waals surface area contributed by atoms with E-state index in [0.29, 0.717) is 22.0 Å². The van der Waals surface area contributed by atoms with Gasteiger partial charge in [0.2, 0.25) is 5.88 Å². The summed E-state index contributed by atoms with van der Waals surface area (Å²) in [7, 11) is 1.39. The lowest BCUT2D eigenvalue weighted by Gasteiger charge is -2.32. The molecule has 0 unspecified atom stereocenters. The second-order valence-electron chi connectivity index (χ2n) is 10.5. The van der Waals surface area contributed by atoms with E-state index < -0.39 is 0 Å². The van der Waals surface area contributed by atoms with Crippen molar-refractivity contribution >= 4 is 28.6 Å². The Kier molecular flexibility index (Phi) is 7.92. The van der Waals surface area contributed by atoms with E-state index in [0.717, 1.165) is 74.5 Å². The molecule has 6 rings (SSSR count). The average molecular weight is 575 g/mol. The van der Waals surface area contributed by atoms with Crippen molar-refractivity contribution in [2.24, 2.45) is 0 Å². The Bertz CT molecular complexity index is 1600. The Hall–Kier alpha value is -3.91. The average Bonchev–Trinajstić information content (AvgIpc) is 3.58. The number of aromatic nitrogens is 4. The maximum atomic E-state index is 12.2. The number of benzene rings is 2. The van der Waals surface area contributed by atoms with Gasteiger partial charge in [-0.2, -0.15) is 5.26 Å². The van der Waals surface area contributed by atoms with Gasteiger partial charge in [0.1, 0.15) is 12.4 Å². The summed E-state index contributed by atoms with van der Waals surface area (Å²) in [4.78, 5) is 19.5. The molecule has 0 spiro atoms. The molecule has 2 saturated heterocycles. The lowest BCUT2D eigenvalue weighted by atomic mass is 10.1. The summed E-state index contributed by atoms with van der Waals surface area (Å²) in [6.07, 6.45) is 5.08. The van der Waals surface area contributed by atoms with Gasteiger partial charge in [-0.1, -0.05) is 17.7 Å². The van der Waals surface area contributed by atoms with Gasteiger partial charge in [-0.15, -0.1) is 5.10 Å². The maximum absolute atomic E-state index is 12.2. The van der Waals surface area contributed by atoms with E-state index in [1.54, 1.807) is 24.3 Å². The first-order valence-electron chi connectivity index (χ1n) is 13.8. The molecule has 0 N–H and O–H groups in total. The van der Waals surface area contributed by atoms with Gasteiger partial charge in [0.15, 0.2) is 0 Å². The molecule has 2 aliphatic rings. The number of likely N-dealkylation sites (tertiary alicyclic amines) is 1. The number of methoxy groups -OCH3 is 1. The fourth-order valence-corrected chi connectivity index (χ4v) is 5.64. The molecule has 2 aliphatic heterocycles. The first-order valence-corrected chi connectivity index (χ1v) is 14.2. The minimum absolute atomic E-state index is 0.169. The Morgan fingerprint density at radius 3 is 2.71 bits per heavy atom. The zero-order valence-corrected chi connectivity index (χ0v) is 23.6. The van der Waals surface area contributed by atoms with Gasteiger partial charge >= 0.3 is 5.97 Å². The first kappa shape index (κ1) is 27.3. The number of nitriles is 1. The summed E-state index contributed by atoms with van der Waals surface area (Å²) in [6.45, 7) is 4.35. The smallest absolute Gasteiger partial charge is 0.337 e.